The maximum absolute atomic E-state index is 12.9. The van der Waals surface area contributed by atoms with Crippen LogP contribution in [0.3, 0.4) is 0 Å². The number of amides is 2. The minimum atomic E-state index is -0.483. The summed E-state index contributed by atoms with van der Waals surface area (Å²) in [6, 6.07) is 14.4. The highest BCUT2D eigenvalue weighted by atomic mass is 32.2. The molecule has 1 unspecified atom stereocenters. The molecule has 2 amide bonds. The number of aryl methyl sites for hydroxylation is 1. The summed E-state index contributed by atoms with van der Waals surface area (Å²) < 4.78 is 0. The van der Waals surface area contributed by atoms with Gasteiger partial charge < -0.3 is 10.6 Å². The lowest BCUT2D eigenvalue weighted by Crippen LogP contribution is -2.30. The van der Waals surface area contributed by atoms with Crippen molar-refractivity contribution in [3.8, 4) is 0 Å². The van der Waals surface area contributed by atoms with E-state index in [2.05, 4.69) is 25.8 Å². The number of anilines is 1. The zero-order chi connectivity index (χ0) is 18.8. The van der Waals surface area contributed by atoms with Crippen LogP contribution in [0.25, 0.3) is 0 Å². The van der Waals surface area contributed by atoms with Crippen LogP contribution in [0, 0.1) is 6.92 Å². The predicted octanol–water partition coefficient (Wildman–Crippen LogP) is 2.68. The summed E-state index contributed by atoms with van der Waals surface area (Å²) in [6.07, 6.45) is 0. The molecular formula is C19H17N5O2S. The van der Waals surface area contributed by atoms with E-state index >= 15 is 0 Å². The number of carbonyl (C=O) groups is 2. The molecule has 2 heterocycles. The molecular weight excluding hydrogens is 362 g/mol. The first-order valence-electron chi connectivity index (χ1n) is 8.41. The number of benzene rings is 2. The number of nitrogens with one attached hydrogen (secondary N) is 3. The SMILES string of the molecule is Cc1nc(C(NC(=O)c2ccc3c(c2)NC(=O)CS3)c2ccccc2)n[nH]1. The average Bonchev–Trinajstić information content (AvgIpc) is 3.12. The Morgan fingerprint density at radius 1 is 1.22 bits per heavy atom. The molecule has 3 N–H and O–H groups in total. The summed E-state index contributed by atoms with van der Waals surface area (Å²) in [6.45, 7) is 1.81. The summed E-state index contributed by atoms with van der Waals surface area (Å²) in [7, 11) is 0. The van der Waals surface area contributed by atoms with Gasteiger partial charge >= 0.3 is 0 Å². The first kappa shape index (κ1) is 17.3. The summed E-state index contributed by atoms with van der Waals surface area (Å²) in [5, 5.41) is 12.8. The van der Waals surface area contributed by atoms with E-state index in [9.17, 15) is 9.59 Å². The number of thioether (sulfide) groups is 1. The Bertz CT molecular complexity index is 1000. The maximum atomic E-state index is 12.9. The number of hydrogen-bond acceptors (Lipinski definition) is 5. The molecule has 0 fully saturated rings. The van der Waals surface area contributed by atoms with Crippen LogP contribution in [-0.4, -0.2) is 32.7 Å². The van der Waals surface area contributed by atoms with Crippen LogP contribution in [0.2, 0.25) is 0 Å². The smallest absolute Gasteiger partial charge is 0.252 e. The standard InChI is InChI=1S/C19H17N5O2S/c1-11-20-18(24-23-11)17(12-5-3-2-4-6-12)22-19(26)13-7-8-15-14(9-13)21-16(25)10-27-15/h2-9,17H,10H2,1H3,(H,21,25)(H,22,26)(H,20,23,24). The molecule has 0 saturated carbocycles. The quantitative estimate of drug-likeness (QED) is 0.647. The molecule has 1 aliphatic rings. The van der Waals surface area contributed by atoms with Crippen molar-refractivity contribution < 1.29 is 9.59 Å². The Morgan fingerprint density at radius 3 is 2.78 bits per heavy atom. The third-order valence-corrected chi connectivity index (χ3v) is 5.23. The number of H-pyrrole nitrogens is 1. The van der Waals surface area contributed by atoms with Gasteiger partial charge in [0.2, 0.25) is 5.91 Å². The van der Waals surface area contributed by atoms with Crippen molar-refractivity contribution in [3.63, 3.8) is 0 Å². The Kier molecular flexibility index (Phi) is 4.64. The van der Waals surface area contributed by atoms with Gasteiger partial charge in [0.1, 0.15) is 11.9 Å². The van der Waals surface area contributed by atoms with Crippen molar-refractivity contribution in [1.29, 1.82) is 0 Å². The fourth-order valence-corrected chi connectivity index (χ4v) is 3.66. The van der Waals surface area contributed by atoms with Gasteiger partial charge in [-0.15, -0.1) is 11.8 Å². The fourth-order valence-electron chi connectivity index (χ4n) is 2.87. The molecule has 8 heteroatoms. The van der Waals surface area contributed by atoms with Gasteiger partial charge in [0.25, 0.3) is 5.91 Å². The third-order valence-electron chi connectivity index (χ3n) is 4.16. The Labute approximate surface area is 160 Å². The molecule has 3 aromatic rings. The van der Waals surface area contributed by atoms with Crippen molar-refractivity contribution in [2.24, 2.45) is 0 Å². The van der Waals surface area contributed by atoms with E-state index in [1.54, 1.807) is 12.1 Å². The largest absolute Gasteiger partial charge is 0.338 e. The predicted molar refractivity (Wildman–Crippen MR) is 103 cm³/mol. The fraction of sp³-hybridized carbons (Fsp3) is 0.158. The Morgan fingerprint density at radius 2 is 2.04 bits per heavy atom. The van der Waals surface area contributed by atoms with Crippen LogP contribution in [-0.2, 0) is 4.79 Å². The molecule has 7 nitrogen and oxygen atoms in total. The van der Waals surface area contributed by atoms with E-state index in [0.29, 0.717) is 28.7 Å². The average molecular weight is 379 g/mol. The molecule has 27 heavy (non-hydrogen) atoms. The van der Waals surface area contributed by atoms with E-state index < -0.39 is 6.04 Å². The Hall–Kier alpha value is -3.13. The zero-order valence-corrected chi connectivity index (χ0v) is 15.3. The van der Waals surface area contributed by atoms with Crippen molar-refractivity contribution in [3.05, 3.63) is 71.3 Å². The number of aromatic amines is 1. The van der Waals surface area contributed by atoms with Crippen molar-refractivity contribution in [1.82, 2.24) is 20.5 Å². The lowest BCUT2D eigenvalue weighted by molar-refractivity contribution is -0.113. The number of fused-ring (bicyclic) bond motifs is 1. The zero-order valence-electron chi connectivity index (χ0n) is 14.5. The third kappa shape index (κ3) is 3.70. The maximum Gasteiger partial charge on any atom is 0.252 e. The van der Waals surface area contributed by atoms with Gasteiger partial charge in [-0.05, 0) is 30.7 Å². The summed E-state index contributed by atoms with van der Waals surface area (Å²) in [4.78, 5) is 29.8. The first-order valence-corrected chi connectivity index (χ1v) is 9.40. The van der Waals surface area contributed by atoms with Crippen molar-refractivity contribution in [2.75, 3.05) is 11.1 Å². The molecule has 0 radical (unpaired) electrons. The number of rotatable bonds is 4. The van der Waals surface area contributed by atoms with Gasteiger partial charge in [0.15, 0.2) is 5.82 Å². The van der Waals surface area contributed by atoms with Crippen LogP contribution >= 0.6 is 11.8 Å². The second kappa shape index (κ2) is 7.24. The van der Waals surface area contributed by atoms with E-state index in [4.69, 9.17) is 0 Å². The Balaban J connectivity index is 1.62. The highest BCUT2D eigenvalue weighted by Crippen LogP contribution is 2.32. The van der Waals surface area contributed by atoms with Crippen LogP contribution in [0.15, 0.2) is 53.4 Å². The van der Waals surface area contributed by atoms with E-state index in [1.165, 1.54) is 11.8 Å². The lowest BCUT2D eigenvalue weighted by Gasteiger charge is -2.19. The van der Waals surface area contributed by atoms with E-state index in [-0.39, 0.29) is 11.8 Å². The second-order valence-corrected chi connectivity index (χ2v) is 7.16. The first-order chi connectivity index (χ1) is 13.1. The minimum Gasteiger partial charge on any atom is -0.338 e. The highest BCUT2D eigenvalue weighted by molar-refractivity contribution is 8.00. The van der Waals surface area contributed by atoms with Crippen LogP contribution < -0.4 is 10.6 Å². The molecule has 0 bridgehead atoms. The minimum absolute atomic E-state index is 0.0663. The molecule has 0 spiro atoms. The van der Waals surface area contributed by atoms with Crippen molar-refractivity contribution in [2.45, 2.75) is 17.9 Å². The van der Waals surface area contributed by atoms with Gasteiger partial charge in [0, 0.05) is 10.5 Å². The molecule has 1 atom stereocenters. The number of hydrogen-bond donors (Lipinski definition) is 3. The topological polar surface area (TPSA) is 99.8 Å². The lowest BCUT2D eigenvalue weighted by atomic mass is 10.1. The number of carbonyl (C=O) groups excluding carboxylic acids is 2. The molecule has 136 valence electrons. The molecule has 0 saturated heterocycles. The summed E-state index contributed by atoms with van der Waals surface area (Å²) >= 11 is 1.46. The second-order valence-electron chi connectivity index (χ2n) is 6.14. The monoisotopic (exact) mass is 379 g/mol. The van der Waals surface area contributed by atoms with Gasteiger partial charge in [-0.3, -0.25) is 14.7 Å². The van der Waals surface area contributed by atoms with Crippen LogP contribution in [0.4, 0.5) is 5.69 Å². The normalized spacial score (nSPS) is 14.2. The molecule has 0 aliphatic carbocycles. The highest BCUT2D eigenvalue weighted by Gasteiger charge is 2.23. The molecule has 1 aliphatic heterocycles. The van der Waals surface area contributed by atoms with Crippen molar-refractivity contribution >= 4 is 29.3 Å². The van der Waals surface area contributed by atoms with Gasteiger partial charge in [-0.1, -0.05) is 30.3 Å². The number of nitrogens with zero attached hydrogens (tertiary/aromatic N) is 2. The molecule has 4 rings (SSSR count). The van der Waals surface area contributed by atoms with Crippen LogP contribution in [0.5, 0.6) is 0 Å². The van der Waals surface area contributed by atoms with Crippen LogP contribution in [0.1, 0.15) is 33.6 Å². The van der Waals surface area contributed by atoms with Gasteiger partial charge in [-0.25, -0.2) is 4.98 Å². The molecule has 1 aromatic heterocycles. The van der Waals surface area contributed by atoms with Gasteiger partial charge in [-0.2, -0.15) is 5.10 Å². The molecule has 2 aromatic carbocycles. The summed E-state index contributed by atoms with van der Waals surface area (Å²) in [5.74, 6) is 1.23. The van der Waals surface area contributed by atoms with E-state index in [1.807, 2.05) is 43.3 Å². The van der Waals surface area contributed by atoms with E-state index in [0.717, 1.165) is 10.5 Å². The van der Waals surface area contributed by atoms with Gasteiger partial charge in [0.05, 0.1) is 11.4 Å². The summed E-state index contributed by atoms with van der Waals surface area (Å²) in [5.41, 5.74) is 2.00. The number of aromatic nitrogens is 3.